The molecule has 0 atom stereocenters. The molecule has 0 amide bonds. The van der Waals surface area contributed by atoms with Gasteiger partial charge in [-0.2, -0.15) is 0 Å². The molecule has 1 aliphatic heterocycles. The molecule has 7 nitrogen and oxygen atoms in total. The maximum Gasteiger partial charge on any atom is 0.255 e. The van der Waals surface area contributed by atoms with E-state index in [9.17, 15) is 9.18 Å². The smallest absolute Gasteiger partial charge is 0.255 e. The molecule has 0 fully saturated rings. The summed E-state index contributed by atoms with van der Waals surface area (Å²) in [6.07, 6.45) is 5.39. The van der Waals surface area contributed by atoms with Gasteiger partial charge in [0.05, 0.1) is 18.4 Å². The first-order valence-corrected chi connectivity index (χ1v) is 10.0. The largest absolute Gasteiger partial charge is 0.454 e. The number of pyridine rings is 1. The van der Waals surface area contributed by atoms with Gasteiger partial charge in [0.2, 0.25) is 6.79 Å². The predicted octanol–water partition coefficient (Wildman–Crippen LogP) is 2.90. The molecule has 0 saturated heterocycles. The SMILES string of the molecule is O=c1c(CNCCn2ccnc2)cc2cc3c(cc2n1Cc1cccc(F)c1)OCO3. The van der Waals surface area contributed by atoms with E-state index in [4.69, 9.17) is 9.47 Å². The van der Waals surface area contributed by atoms with Gasteiger partial charge in [0.15, 0.2) is 11.5 Å². The molecule has 8 heteroatoms. The fraction of sp³-hybridized carbons (Fsp3) is 0.217. The summed E-state index contributed by atoms with van der Waals surface area (Å²) in [5.74, 6) is 0.929. The normalized spacial score (nSPS) is 12.5. The number of benzene rings is 2. The Morgan fingerprint density at radius 3 is 2.81 bits per heavy atom. The first-order chi connectivity index (χ1) is 15.2. The van der Waals surface area contributed by atoms with E-state index in [1.807, 2.05) is 35.0 Å². The van der Waals surface area contributed by atoms with E-state index in [1.54, 1.807) is 23.2 Å². The Bertz CT molecular complexity index is 1280. The highest BCUT2D eigenvalue weighted by atomic mass is 19.1. The summed E-state index contributed by atoms with van der Waals surface area (Å²) >= 11 is 0. The minimum atomic E-state index is -0.329. The highest BCUT2D eigenvalue weighted by Gasteiger charge is 2.18. The summed E-state index contributed by atoms with van der Waals surface area (Å²) in [5.41, 5.74) is 1.95. The minimum absolute atomic E-state index is 0.120. The second kappa shape index (κ2) is 8.23. The summed E-state index contributed by atoms with van der Waals surface area (Å²) in [4.78, 5) is 17.4. The van der Waals surface area contributed by atoms with E-state index in [1.165, 1.54) is 12.1 Å². The van der Waals surface area contributed by atoms with Gasteiger partial charge < -0.3 is 23.9 Å². The third-order valence-corrected chi connectivity index (χ3v) is 5.31. The van der Waals surface area contributed by atoms with Gasteiger partial charge in [0, 0.05) is 49.0 Å². The lowest BCUT2D eigenvalue weighted by molar-refractivity contribution is 0.174. The van der Waals surface area contributed by atoms with Crippen LogP contribution < -0.4 is 20.3 Å². The Kier molecular flexibility index (Phi) is 5.13. The molecule has 4 aromatic rings. The topological polar surface area (TPSA) is 70.3 Å². The zero-order valence-electron chi connectivity index (χ0n) is 16.8. The number of nitrogens with one attached hydrogen (secondary N) is 1. The maximum atomic E-state index is 13.7. The highest BCUT2D eigenvalue weighted by molar-refractivity contribution is 5.84. The number of hydrogen-bond acceptors (Lipinski definition) is 5. The molecule has 0 aliphatic carbocycles. The molecular weight excluding hydrogens is 399 g/mol. The van der Waals surface area contributed by atoms with Gasteiger partial charge in [-0.3, -0.25) is 4.79 Å². The van der Waals surface area contributed by atoms with Crippen LogP contribution >= 0.6 is 0 Å². The van der Waals surface area contributed by atoms with E-state index in [0.717, 1.165) is 17.4 Å². The molecule has 0 radical (unpaired) electrons. The Labute approximate surface area is 177 Å². The van der Waals surface area contributed by atoms with E-state index in [0.29, 0.717) is 35.7 Å². The van der Waals surface area contributed by atoms with Crippen LogP contribution in [0.25, 0.3) is 10.9 Å². The van der Waals surface area contributed by atoms with Gasteiger partial charge >= 0.3 is 0 Å². The second-order valence-electron chi connectivity index (χ2n) is 7.43. The predicted molar refractivity (Wildman–Crippen MR) is 114 cm³/mol. The molecule has 0 bridgehead atoms. The van der Waals surface area contributed by atoms with Crippen molar-refractivity contribution in [3.8, 4) is 11.5 Å². The molecule has 2 aromatic carbocycles. The lowest BCUT2D eigenvalue weighted by Gasteiger charge is -2.15. The van der Waals surface area contributed by atoms with Crippen LogP contribution in [-0.2, 0) is 19.6 Å². The molecule has 2 aromatic heterocycles. The zero-order chi connectivity index (χ0) is 21.2. The third kappa shape index (κ3) is 4.02. The number of rotatable bonds is 7. The van der Waals surface area contributed by atoms with Gasteiger partial charge in [-0.25, -0.2) is 9.37 Å². The number of imidazole rings is 1. The molecule has 31 heavy (non-hydrogen) atoms. The summed E-state index contributed by atoms with van der Waals surface area (Å²) in [7, 11) is 0. The lowest BCUT2D eigenvalue weighted by Crippen LogP contribution is -2.29. The maximum absolute atomic E-state index is 13.7. The number of halogens is 1. The molecular formula is C23H21FN4O3. The van der Waals surface area contributed by atoms with Gasteiger partial charge in [-0.05, 0) is 29.8 Å². The second-order valence-corrected chi connectivity index (χ2v) is 7.43. The third-order valence-electron chi connectivity index (χ3n) is 5.31. The van der Waals surface area contributed by atoms with Gasteiger partial charge in [-0.15, -0.1) is 0 Å². The summed E-state index contributed by atoms with van der Waals surface area (Å²) in [6.45, 7) is 2.28. The minimum Gasteiger partial charge on any atom is -0.454 e. The monoisotopic (exact) mass is 420 g/mol. The first-order valence-electron chi connectivity index (χ1n) is 10.0. The zero-order valence-corrected chi connectivity index (χ0v) is 16.8. The molecule has 1 aliphatic rings. The van der Waals surface area contributed by atoms with Crippen LogP contribution in [0, 0.1) is 5.82 Å². The van der Waals surface area contributed by atoms with Crippen LogP contribution in [0.4, 0.5) is 4.39 Å². The Hall–Kier alpha value is -3.65. The Balaban J connectivity index is 1.49. The van der Waals surface area contributed by atoms with Crippen LogP contribution in [-0.4, -0.2) is 27.5 Å². The molecule has 158 valence electrons. The Morgan fingerprint density at radius 1 is 1.13 bits per heavy atom. The average molecular weight is 420 g/mol. The average Bonchev–Trinajstić information content (AvgIpc) is 3.44. The van der Waals surface area contributed by atoms with Crippen molar-refractivity contribution in [1.29, 1.82) is 0 Å². The Morgan fingerprint density at radius 2 is 2.00 bits per heavy atom. The number of fused-ring (bicyclic) bond motifs is 2. The van der Waals surface area contributed by atoms with Gasteiger partial charge in [0.1, 0.15) is 5.82 Å². The summed E-state index contributed by atoms with van der Waals surface area (Å²) in [6, 6.07) is 11.9. The first kappa shape index (κ1) is 19.3. The van der Waals surface area contributed by atoms with E-state index in [2.05, 4.69) is 10.3 Å². The van der Waals surface area contributed by atoms with Crippen LogP contribution in [0.5, 0.6) is 11.5 Å². The van der Waals surface area contributed by atoms with Crippen molar-refractivity contribution in [2.75, 3.05) is 13.3 Å². The molecule has 0 saturated carbocycles. The van der Waals surface area contributed by atoms with Crippen molar-refractivity contribution in [2.45, 2.75) is 19.6 Å². The van der Waals surface area contributed by atoms with Crippen molar-refractivity contribution in [3.05, 3.63) is 88.5 Å². The van der Waals surface area contributed by atoms with Crippen LogP contribution in [0.15, 0.2) is 66.0 Å². The fourth-order valence-corrected chi connectivity index (χ4v) is 3.78. The fourth-order valence-electron chi connectivity index (χ4n) is 3.78. The number of aromatic nitrogens is 3. The number of nitrogens with zero attached hydrogens (tertiary/aromatic N) is 3. The molecule has 5 rings (SSSR count). The van der Waals surface area contributed by atoms with Crippen LogP contribution in [0.2, 0.25) is 0 Å². The van der Waals surface area contributed by atoms with Crippen molar-refractivity contribution in [1.82, 2.24) is 19.4 Å². The molecule has 0 spiro atoms. The highest BCUT2D eigenvalue weighted by Crippen LogP contribution is 2.36. The van der Waals surface area contributed by atoms with Crippen LogP contribution in [0.3, 0.4) is 0 Å². The summed E-state index contributed by atoms with van der Waals surface area (Å²) in [5, 5.41) is 4.19. The van der Waals surface area contributed by atoms with E-state index in [-0.39, 0.29) is 24.7 Å². The van der Waals surface area contributed by atoms with Crippen molar-refractivity contribution in [3.63, 3.8) is 0 Å². The van der Waals surface area contributed by atoms with Gasteiger partial charge in [0.25, 0.3) is 5.56 Å². The van der Waals surface area contributed by atoms with Crippen LogP contribution in [0.1, 0.15) is 11.1 Å². The lowest BCUT2D eigenvalue weighted by atomic mass is 10.1. The van der Waals surface area contributed by atoms with E-state index >= 15 is 0 Å². The van der Waals surface area contributed by atoms with Crippen molar-refractivity contribution < 1.29 is 13.9 Å². The molecule has 3 heterocycles. The summed E-state index contributed by atoms with van der Waals surface area (Å²) < 4.78 is 28.4. The molecule has 1 N–H and O–H groups in total. The standard InChI is InChI=1S/C23H21FN4O3/c24-19-3-1-2-16(8-19)13-28-20-11-22-21(30-15-31-22)10-17(20)9-18(23(28)29)12-25-4-6-27-7-5-26-14-27/h1-3,5,7-11,14,25H,4,6,12-13,15H2. The number of hydrogen-bond donors (Lipinski definition) is 1. The van der Waals surface area contributed by atoms with E-state index < -0.39 is 0 Å². The number of ether oxygens (including phenoxy) is 2. The van der Waals surface area contributed by atoms with Crippen molar-refractivity contribution >= 4 is 10.9 Å². The molecule has 0 unspecified atom stereocenters. The van der Waals surface area contributed by atoms with Gasteiger partial charge in [-0.1, -0.05) is 12.1 Å². The quantitative estimate of drug-likeness (QED) is 0.466. The van der Waals surface area contributed by atoms with Crippen molar-refractivity contribution in [2.24, 2.45) is 0 Å².